The molecule has 1 fully saturated rings. The normalized spacial score (nSPS) is 15.5. The van der Waals surface area contributed by atoms with E-state index in [9.17, 15) is 9.59 Å². The molecule has 190 valence electrons. The van der Waals surface area contributed by atoms with Gasteiger partial charge in [0.15, 0.2) is 0 Å². The first kappa shape index (κ1) is 25.0. The molecular formula is C25H31N7O4. The fraction of sp³-hybridized carbons (Fsp3) is 0.400. The molecule has 4 rings (SSSR count). The van der Waals surface area contributed by atoms with Gasteiger partial charge in [0.2, 0.25) is 11.9 Å². The van der Waals surface area contributed by atoms with Crippen LogP contribution in [0.4, 0.5) is 10.6 Å². The fourth-order valence-corrected chi connectivity index (χ4v) is 4.23. The summed E-state index contributed by atoms with van der Waals surface area (Å²) in [6.45, 7) is 3.74. The third-order valence-corrected chi connectivity index (χ3v) is 6.09. The molecule has 1 N–H and O–H groups in total. The molecule has 0 saturated carbocycles. The number of nitrogens with one attached hydrogen (secondary N) is 1. The van der Waals surface area contributed by atoms with Gasteiger partial charge in [-0.25, -0.2) is 14.8 Å². The van der Waals surface area contributed by atoms with E-state index < -0.39 is 6.09 Å². The third-order valence-electron chi connectivity index (χ3n) is 6.09. The van der Waals surface area contributed by atoms with Gasteiger partial charge in [0, 0.05) is 56.8 Å². The number of ether oxygens (including phenoxy) is 2. The van der Waals surface area contributed by atoms with E-state index in [0.717, 1.165) is 17.0 Å². The zero-order chi connectivity index (χ0) is 25.5. The van der Waals surface area contributed by atoms with Crippen molar-refractivity contribution in [3.05, 3.63) is 60.3 Å². The summed E-state index contributed by atoms with van der Waals surface area (Å²) in [7, 11) is 2.99. The maximum atomic E-state index is 12.9. The SMILES string of the molecule is COC(=O)N1CCN(c2cc(C)nc(-n3ccnc3)n2)C(CC(=O)NCCc2ccc(OC)cc2)C1. The first-order valence-electron chi connectivity index (χ1n) is 11.8. The Morgan fingerprint density at radius 3 is 2.64 bits per heavy atom. The van der Waals surface area contributed by atoms with Gasteiger partial charge < -0.3 is 24.6 Å². The van der Waals surface area contributed by atoms with Gasteiger partial charge in [0.05, 0.1) is 20.3 Å². The van der Waals surface area contributed by atoms with Crippen LogP contribution in [-0.4, -0.2) is 82.9 Å². The minimum Gasteiger partial charge on any atom is -0.497 e. The molecule has 11 nitrogen and oxygen atoms in total. The zero-order valence-electron chi connectivity index (χ0n) is 20.8. The lowest BCUT2D eigenvalue weighted by Crippen LogP contribution is -2.56. The van der Waals surface area contributed by atoms with Gasteiger partial charge in [-0.3, -0.25) is 9.36 Å². The number of carbonyl (C=O) groups is 2. The molecule has 0 aliphatic carbocycles. The van der Waals surface area contributed by atoms with Crippen LogP contribution in [0.3, 0.4) is 0 Å². The lowest BCUT2D eigenvalue weighted by atomic mass is 10.1. The summed E-state index contributed by atoms with van der Waals surface area (Å²) in [5.41, 5.74) is 1.90. The summed E-state index contributed by atoms with van der Waals surface area (Å²) in [4.78, 5) is 42.1. The number of piperazine rings is 1. The lowest BCUT2D eigenvalue weighted by Gasteiger charge is -2.41. The summed E-state index contributed by atoms with van der Waals surface area (Å²) >= 11 is 0. The summed E-state index contributed by atoms with van der Waals surface area (Å²) in [5, 5.41) is 3.01. The maximum Gasteiger partial charge on any atom is 0.409 e. The Hall–Kier alpha value is -4.15. The number of nitrogens with zero attached hydrogens (tertiary/aromatic N) is 6. The molecule has 0 spiro atoms. The number of benzene rings is 1. The molecule has 2 amide bonds. The Kier molecular flexibility index (Phi) is 7.99. The minimum absolute atomic E-state index is 0.0918. The van der Waals surface area contributed by atoms with Gasteiger partial charge in [-0.2, -0.15) is 4.98 Å². The van der Waals surface area contributed by atoms with Crippen molar-refractivity contribution in [2.24, 2.45) is 0 Å². The molecule has 11 heteroatoms. The van der Waals surface area contributed by atoms with Gasteiger partial charge in [-0.1, -0.05) is 12.1 Å². The standard InChI is InChI=1S/C25H31N7O4/c1-18-14-22(29-24(28-18)31-11-10-26-17-31)32-13-12-30(25(34)36-3)16-20(32)15-23(33)27-9-8-19-4-6-21(35-2)7-5-19/h4-7,10-11,14,17,20H,8-9,12-13,15-16H2,1-3H3,(H,27,33). The molecule has 0 radical (unpaired) electrons. The Labute approximate surface area is 210 Å². The second-order valence-corrected chi connectivity index (χ2v) is 8.55. The van der Waals surface area contributed by atoms with Crippen molar-refractivity contribution in [1.29, 1.82) is 0 Å². The Bertz CT molecular complexity index is 1170. The Morgan fingerprint density at radius 1 is 1.14 bits per heavy atom. The number of hydrogen-bond donors (Lipinski definition) is 1. The van der Waals surface area contributed by atoms with Gasteiger partial charge in [0.25, 0.3) is 0 Å². The molecule has 36 heavy (non-hydrogen) atoms. The quantitative estimate of drug-likeness (QED) is 0.507. The van der Waals surface area contributed by atoms with E-state index >= 15 is 0 Å². The Balaban J connectivity index is 1.45. The molecular weight excluding hydrogens is 462 g/mol. The van der Waals surface area contributed by atoms with Crippen molar-refractivity contribution in [2.75, 3.05) is 45.3 Å². The van der Waals surface area contributed by atoms with Crippen LogP contribution >= 0.6 is 0 Å². The molecule has 1 aliphatic rings. The number of hydrogen-bond acceptors (Lipinski definition) is 8. The number of aryl methyl sites for hydroxylation is 1. The molecule has 0 bridgehead atoms. The van der Waals surface area contributed by atoms with E-state index in [1.54, 1.807) is 35.3 Å². The van der Waals surface area contributed by atoms with Crippen LogP contribution in [0.15, 0.2) is 49.1 Å². The molecule has 1 atom stereocenters. The molecule has 1 aromatic carbocycles. The molecule has 1 unspecified atom stereocenters. The number of imidazole rings is 1. The topological polar surface area (TPSA) is 115 Å². The van der Waals surface area contributed by atoms with Crippen LogP contribution in [0, 0.1) is 6.92 Å². The maximum absolute atomic E-state index is 12.9. The molecule has 3 heterocycles. The molecule has 1 aliphatic heterocycles. The highest BCUT2D eigenvalue weighted by molar-refractivity contribution is 5.77. The lowest BCUT2D eigenvalue weighted by molar-refractivity contribution is -0.121. The smallest absolute Gasteiger partial charge is 0.409 e. The molecule has 2 aromatic heterocycles. The predicted octanol–water partition coefficient (Wildman–Crippen LogP) is 1.99. The fourth-order valence-electron chi connectivity index (χ4n) is 4.23. The van der Waals surface area contributed by atoms with Gasteiger partial charge in [-0.15, -0.1) is 0 Å². The number of aromatic nitrogens is 4. The second-order valence-electron chi connectivity index (χ2n) is 8.55. The van der Waals surface area contributed by atoms with E-state index in [1.807, 2.05) is 37.3 Å². The van der Waals surface area contributed by atoms with E-state index in [2.05, 4.69) is 20.2 Å². The van der Waals surface area contributed by atoms with Crippen LogP contribution in [0.1, 0.15) is 17.7 Å². The van der Waals surface area contributed by atoms with Crippen LogP contribution in [0.5, 0.6) is 5.75 Å². The Morgan fingerprint density at radius 2 is 1.94 bits per heavy atom. The van der Waals surface area contributed by atoms with Crippen molar-refractivity contribution in [2.45, 2.75) is 25.8 Å². The van der Waals surface area contributed by atoms with Crippen molar-refractivity contribution in [3.8, 4) is 11.7 Å². The van der Waals surface area contributed by atoms with Crippen molar-refractivity contribution < 1.29 is 19.1 Å². The van der Waals surface area contributed by atoms with Crippen molar-refractivity contribution in [1.82, 2.24) is 29.7 Å². The van der Waals surface area contributed by atoms with E-state index in [1.165, 1.54) is 7.11 Å². The number of rotatable bonds is 8. The van der Waals surface area contributed by atoms with Gasteiger partial charge >= 0.3 is 6.09 Å². The summed E-state index contributed by atoms with van der Waals surface area (Å²) in [6, 6.07) is 9.39. The number of amides is 2. The molecule has 3 aromatic rings. The predicted molar refractivity (Wildman–Crippen MR) is 133 cm³/mol. The first-order valence-corrected chi connectivity index (χ1v) is 11.8. The van der Waals surface area contributed by atoms with E-state index in [4.69, 9.17) is 14.5 Å². The zero-order valence-corrected chi connectivity index (χ0v) is 20.8. The third kappa shape index (κ3) is 6.09. The molecule has 1 saturated heterocycles. The highest BCUT2D eigenvalue weighted by atomic mass is 16.5. The average Bonchev–Trinajstić information content (AvgIpc) is 3.43. The monoisotopic (exact) mass is 493 g/mol. The minimum atomic E-state index is -0.405. The summed E-state index contributed by atoms with van der Waals surface area (Å²) < 4.78 is 11.9. The van der Waals surface area contributed by atoms with Gasteiger partial charge in [-0.05, 0) is 31.0 Å². The van der Waals surface area contributed by atoms with Crippen molar-refractivity contribution in [3.63, 3.8) is 0 Å². The average molecular weight is 494 g/mol. The van der Waals surface area contributed by atoms with Crippen LogP contribution in [0.2, 0.25) is 0 Å². The van der Waals surface area contributed by atoms with E-state index in [0.29, 0.717) is 44.4 Å². The van der Waals surface area contributed by atoms with Gasteiger partial charge in [0.1, 0.15) is 17.9 Å². The number of methoxy groups -OCH3 is 2. The number of anilines is 1. The largest absolute Gasteiger partial charge is 0.497 e. The number of carbonyl (C=O) groups excluding carboxylic acids is 2. The van der Waals surface area contributed by atoms with E-state index in [-0.39, 0.29) is 18.4 Å². The van der Waals surface area contributed by atoms with Crippen LogP contribution < -0.4 is 15.0 Å². The highest BCUT2D eigenvalue weighted by Gasteiger charge is 2.32. The van der Waals surface area contributed by atoms with Crippen LogP contribution in [0.25, 0.3) is 5.95 Å². The summed E-state index contributed by atoms with van der Waals surface area (Å²) in [6.07, 6.45) is 5.59. The van der Waals surface area contributed by atoms with Crippen molar-refractivity contribution >= 4 is 17.8 Å². The second kappa shape index (κ2) is 11.5. The summed E-state index contributed by atoms with van der Waals surface area (Å²) in [5.74, 6) is 1.91. The highest BCUT2D eigenvalue weighted by Crippen LogP contribution is 2.23. The van der Waals surface area contributed by atoms with Crippen LogP contribution in [-0.2, 0) is 16.0 Å². The first-order chi connectivity index (χ1) is 17.5.